The molecule has 0 aliphatic rings. The topological polar surface area (TPSA) is 96.0 Å². The lowest BCUT2D eigenvalue weighted by Crippen LogP contribution is -2.24. The molecule has 2 amide bonds. The van der Waals surface area contributed by atoms with Gasteiger partial charge in [-0.05, 0) is 48.0 Å². The molecule has 3 N–H and O–H groups in total. The summed E-state index contributed by atoms with van der Waals surface area (Å²) in [4.78, 5) is 31.6. The van der Waals surface area contributed by atoms with Gasteiger partial charge in [-0.1, -0.05) is 12.1 Å². The molecular formula is C20H18FN5O2. The molecule has 0 spiro atoms. The van der Waals surface area contributed by atoms with Crippen LogP contribution in [0.1, 0.15) is 23.0 Å². The fraction of sp³-hybridized carbons (Fsp3) is 0.100. The number of amides is 2. The molecule has 1 aromatic heterocycles. The van der Waals surface area contributed by atoms with Gasteiger partial charge in [-0.3, -0.25) is 9.59 Å². The van der Waals surface area contributed by atoms with Gasteiger partial charge in [0.1, 0.15) is 11.5 Å². The Bertz CT molecular complexity index is 975. The van der Waals surface area contributed by atoms with Crippen molar-refractivity contribution in [2.45, 2.75) is 13.5 Å². The summed E-state index contributed by atoms with van der Waals surface area (Å²) in [5.74, 6) is -0.576. The van der Waals surface area contributed by atoms with Gasteiger partial charge in [-0.2, -0.15) is 0 Å². The fourth-order valence-corrected chi connectivity index (χ4v) is 2.39. The molecular weight excluding hydrogens is 361 g/mol. The van der Waals surface area contributed by atoms with E-state index in [1.54, 1.807) is 36.4 Å². The number of hydrogen-bond donors (Lipinski definition) is 3. The standard InChI is InChI=1S/C20H18FN5O2/c1-13(27)24-16-6-8-17(9-7-16)25-20-22-11-10-18(26-20)19(28)23-12-14-2-4-15(21)5-3-14/h2-11H,12H2,1H3,(H,23,28)(H,24,27)(H,22,25,26). The zero-order chi connectivity index (χ0) is 19.9. The van der Waals surface area contributed by atoms with Gasteiger partial charge in [-0.25, -0.2) is 14.4 Å². The van der Waals surface area contributed by atoms with Crippen molar-refractivity contribution in [3.63, 3.8) is 0 Å². The highest BCUT2D eigenvalue weighted by Gasteiger charge is 2.09. The summed E-state index contributed by atoms with van der Waals surface area (Å²) in [6.07, 6.45) is 1.48. The van der Waals surface area contributed by atoms with E-state index in [0.29, 0.717) is 11.4 Å². The SMILES string of the molecule is CC(=O)Nc1ccc(Nc2nccc(C(=O)NCc3ccc(F)cc3)n2)cc1. The van der Waals surface area contributed by atoms with Crippen LogP contribution in [-0.2, 0) is 11.3 Å². The van der Waals surface area contributed by atoms with E-state index < -0.39 is 0 Å². The van der Waals surface area contributed by atoms with Crippen molar-refractivity contribution in [2.24, 2.45) is 0 Å². The predicted octanol–water partition coefficient (Wildman–Crippen LogP) is 3.25. The molecule has 0 unspecified atom stereocenters. The van der Waals surface area contributed by atoms with Gasteiger partial charge < -0.3 is 16.0 Å². The maximum Gasteiger partial charge on any atom is 0.270 e. The Labute approximate surface area is 161 Å². The van der Waals surface area contributed by atoms with Crippen LogP contribution in [0.3, 0.4) is 0 Å². The molecule has 142 valence electrons. The summed E-state index contributed by atoms with van der Waals surface area (Å²) >= 11 is 0. The number of aromatic nitrogens is 2. The third-order valence-electron chi connectivity index (χ3n) is 3.72. The van der Waals surface area contributed by atoms with Crippen LogP contribution in [0.2, 0.25) is 0 Å². The van der Waals surface area contributed by atoms with E-state index in [0.717, 1.165) is 5.56 Å². The molecule has 0 bridgehead atoms. The molecule has 0 saturated carbocycles. The van der Waals surface area contributed by atoms with Crippen molar-refractivity contribution in [1.82, 2.24) is 15.3 Å². The summed E-state index contributed by atoms with van der Waals surface area (Å²) < 4.78 is 12.9. The molecule has 0 aliphatic carbocycles. The van der Waals surface area contributed by atoms with Crippen molar-refractivity contribution in [3.8, 4) is 0 Å². The van der Waals surface area contributed by atoms with E-state index in [2.05, 4.69) is 25.9 Å². The van der Waals surface area contributed by atoms with Gasteiger partial charge in [0.25, 0.3) is 5.91 Å². The second-order valence-corrected chi connectivity index (χ2v) is 5.96. The van der Waals surface area contributed by atoms with E-state index in [9.17, 15) is 14.0 Å². The van der Waals surface area contributed by atoms with Gasteiger partial charge >= 0.3 is 0 Å². The largest absolute Gasteiger partial charge is 0.347 e. The number of carbonyl (C=O) groups is 2. The average molecular weight is 379 g/mol. The van der Waals surface area contributed by atoms with E-state index in [-0.39, 0.29) is 35.8 Å². The third kappa shape index (κ3) is 5.34. The number of nitrogens with zero attached hydrogens (tertiary/aromatic N) is 2. The van der Waals surface area contributed by atoms with Gasteiger partial charge in [-0.15, -0.1) is 0 Å². The third-order valence-corrected chi connectivity index (χ3v) is 3.72. The van der Waals surface area contributed by atoms with Gasteiger partial charge in [0.2, 0.25) is 11.9 Å². The van der Waals surface area contributed by atoms with E-state index in [1.165, 1.54) is 31.3 Å². The minimum absolute atomic E-state index is 0.150. The number of halogens is 1. The smallest absolute Gasteiger partial charge is 0.270 e. The minimum Gasteiger partial charge on any atom is -0.347 e. The van der Waals surface area contributed by atoms with Crippen LogP contribution in [0.5, 0.6) is 0 Å². The van der Waals surface area contributed by atoms with E-state index in [4.69, 9.17) is 0 Å². The van der Waals surface area contributed by atoms with Crippen molar-refractivity contribution in [1.29, 1.82) is 0 Å². The first-order chi connectivity index (χ1) is 13.5. The molecule has 3 aromatic rings. The Kier molecular flexibility index (Phi) is 5.91. The first-order valence-corrected chi connectivity index (χ1v) is 8.50. The molecule has 7 nitrogen and oxygen atoms in total. The Balaban J connectivity index is 1.62. The minimum atomic E-state index is -0.365. The molecule has 28 heavy (non-hydrogen) atoms. The van der Waals surface area contributed by atoms with Crippen LogP contribution in [0, 0.1) is 5.82 Å². The molecule has 8 heteroatoms. The number of nitrogens with one attached hydrogen (secondary N) is 3. The summed E-state index contributed by atoms with van der Waals surface area (Å²) in [6, 6.07) is 14.4. The zero-order valence-electron chi connectivity index (χ0n) is 15.1. The van der Waals surface area contributed by atoms with Crippen molar-refractivity contribution in [3.05, 3.63) is 77.9 Å². The first-order valence-electron chi connectivity index (χ1n) is 8.50. The van der Waals surface area contributed by atoms with Crippen LogP contribution in [0.4, 0.5) is 21.7 Å². The van der Waals surface area contributed by atoms with Crippen LogP contribution >= 0.6 is 0 Å². The lowest BCUT2D eigenvalue weighted by molar-refractivity contribution is -0.114. The van der Waals surface area contributed by atoms with Crippen LogP contribution in [-0.4, -0.2) is 21.8 Å². The Hall–Kier alpha value is -3.81. The highest BCUT2D eigenvalue weighted by molar-refractivity contribution is 5.92. The monoisotopic (exact) mass is 379 g/mol. The Morgan fingerprint density at radius 2 is 1.64 bits per heavy atom. The molecule has 0 atom stereocenters. The fourth-order valence-electron chi connectivity index (χ4n) is 2.39. The summed E-state index contributed by atoms with van der Waals surface area (Å²) in [6.45, 7) is 1.70. The lowest BCUT2D eigenvalue weighted by Gasteiger charge is -2.08. The van der Waals surface area contributed by atoms with Crippen molar-refractivity contribution < 1.29 is 14.0 Å². The molecule has 3 rings (SSSR count). The number of rotatable bonds is 6. The molecule has 2 aromatic carbocycles. The predicted molar refractivity (Wildman–Crippen MR) is 104 cm³/mol. The van der Waals surface area contributed by atoms with Crippen LogP contribution < -0.4 is 16.0 Å². The maximum absolute atomic E-state index is 12.9. The zero-order valence-corrected chi connectivity index (χ0v) is 15.1. The van der Waals surface area contributed by atoms with Crippen molar-refractivity contribution in [2.75, 3.05) is 10.6 Å². The quantitative estimate of drug-likeness (QED) is 0.611. The van der Waals surface area contributed by atoms with Gasteiger partial charge in [0.05, 0.1) is 0 Å². The number of carbonyl (C=O) groups excluding carboxylic acids is 2. The highest BCUT2D eigenvalue weighted by atomic mass is 19.1. The van der Waals surface area contributed by atoms with Crippen molar-refractivity contribution >= 4 is 29.1 Å². The van der Waals surface area contributed by atoms with E-state index >= 15 is 0 Å². The summed E-state index contributed by atoms with van der Waals surface area (Å²) in [5, 5.41) is 8.41. The number of benzene rings is 2. The number of anilines is 3. The maximum atomic E-state index is 12.9. The van der Waals surface area contributed by atoms with E-state index in [1.807, 2.05) is 0 Å². The molecule has 1 heterocycles. The second-order valence-electron chi connectivity index (χ2n) is 5.96. The number of hydrogen-bond acceptors (Lipinski definition) is 5. The first kappa shape index (κ1) is 19.0. The molecule has 0 fully saturated rings. The Morgan fingerprint density at radius 1 is 0.964 bits per heavy atom. The lowest BCUT2D eigenvalue weighted by atomic mass is 10.2. The van der Waals surface area contributed by atoms with Crippen LogP contribution in [0.25, 0.3) is 0 Å². The normalized spacial score (nSPS) is 10.2. The van der Waals surface area contributed by atoms with Crippen LogP contribution in [0.15, 0.2) is 60.8 Å². The van der Waals surface area contributed by atoms with Gasteiger partial charge in [0, 0.05) is 31.0 Å². The molecule has 0 aliphatic heterocycles. The summed E-state index contributed by atoms with van der Waals surface area (Å²) in [5.41, 5.74) is 2.36. The molecule has 0 saturated heterocycles. The van der Waals surface area contributed by atoms with Gasteiger partial charge in [0.15, 0.2) is 0 Å². The Morgan fingerprint density at radius 3 is 2.32 bits per heavy atom. The average Bonchev–Trinajstić information content (AvgIpc) is 2.69. The summed E-state index contributed by atoms with van der Waals surface area (Å²) in [7, 11) is 0. The molecule has 0 radical (unpaired) electrons. The highest BCUT2D eigenvalue weighted by Crippen LogP contribution is 2.16. The second kappa shape index (κ2) is 8.72.